The molecule has 1 atom stereocenters. The van der Waals surface area contributed by atoms with Gasteiger partial charge >= 0.3 is 0 Å². The average Bonchev–Trinajstić information content (AvgIpc) is 3.00. The first-order chi connectivity index (χ1) is 11.3. The summed E-state index contributed by atoms with van der Waals surface area (Å²) in [6.07, 6.45) is 0.765. The standard InChI is InChI=1S/C17H27N3O3S.ClH/c1-4-19(5-2)16(21)14-6-8-15(9-7-14)24(22,23)20-11-10-17(3,12-18)13-20;/h6-9H,4-5,10-13,18H2,1-3H3;1H. The van der Waals surface area contributed by atoms with E-state index in [2.05, 4.69) is 0 Å². The lowest BCUT2D eigenvalue weighted by Crippen LogP contribution is -2.34. The van der Waals surface area contributed by atoms with Crippen molar-refractivity contribution >= 4 is 28.3 Å². The lowest BCUT2D eigenvalue weighted by Gasteiger charge is -2.22. The average molecular weight is 390 g/mol. The van der Waals surface area contributed by atoms with Gasteiger partial charge in [-0.05, 0) is 56.5 Å². The quantitative estimate of drug-likeness (QED) is 0.805. The van der Waals surface area contributed by atoms with Crippen molar-refractivity contribution in [1.29, 1.82) is 0 Å². The van der Waals surface area contributed by atoms with Crippen LogP contribution < -0.4 is 5.73 Å². The molecule has 0 saturated carbocycles. The van der Waals surface area contributed by atoms with Gasteiger partial charge in [0, 0.05) is 31.7 Å². The molecule has 1 amide bonds. The molecule has 6 nitrogen and oxygen atoms in total. The van der Waals surface area contributed by atoms with Crippen molar-refractivity contribution in [1.82, 2.24) is 9.21 Å². The predicted octanol–water partition coefficient (Wildman–Crippen LogP) is 1.95. The zero-order valence-corrected chi connectivity index (χ0v) is 16.7. The Morgan fingerprint density at radius 2 is 1.80 bits per heavy atom. The van der Waals surface area contributed by atoms with Gasteiger partial charge in [-0.3, -0.25) is 4.79 Å². The van der Waals surface area contributed by atoms with Crippen LogP contribution in [0.15, 0.2) is 29.2 Å². The van der Waals surface area contributed by atoms with Gasteiger partial charge in [-0.25, -0.2) is 8.42 Å². The second kappa shape index (κ2) is 8.49. The number of benzene rings is 1. The lowest BCUT2D eigenvalue weighted by atomic mass is 9.90. The Kier molecular flexibility index (Phi) is 7.43. The Morgan fingerprint density at radius 3 is 2.24 bits per heavy atom. The number of hydrogen-bond donors (Lipinski definition) is 1. The zero-order chi connectivity index (χ0) is 18.0. The number of carbonyl (C=O) groups is 1. The maximum Gasteiger partial charge on any atom is 0.253 e. The summed E-state index contributed by atoms with van der Waals surface area (Å²) < 4.78 is 27.0. The molecular weight excluding hydrogens is 362 g/mol. The molecule has 2 N–H and O–H groups in total. The summed E-state index contributed by atoms with van der Waals surface area (Å²) in [5.41, 5.74) is 6.10. The molecule has 1 fully saturated rings. The van der Waals surface area contributed by atoms with E-state index >= 15 is 0 Å². The van der Waals surface area contributed by atoms with E-state index in [4.69, 9.17) is 5.73 Å². The Hall–Kier alpha value is -1.15. The first-order valence-electron chi connectivity index (χ1n) is 8.37. The van der Waals surface area contributed by atoms with Crippen LogP contribution in [-0.2, 0) is 10.0 Å². The third-order valence-corrected chi connectivity index (χ3v) is 6.66. The predicted molar refractivity (Wildman–Crippen MR) is 101 cm³/mol. The number of nitrogens with two attached hydrogens (primary N) is 1. The monoisotopic (exact) mass is 389 g/mol. The molecule has 1 heterocycles. The highest BCUT2D eigenvalue weighted by molar-refractivity contribution is 7.89. The van der Waals surface area contributed by atoms with Crippen LogP contribution in [0.4, 0.5) is 0 Å². The second-order valence-corrected chi connectivity index (χ2v) is 8.54. The summed E-state index contributed by atoms with van der Waals surface area (Å²) in [5, 5.41) is 0. The van der Waals surface area contributed by atoms with Crippen LogP contribution in [0.25, 0.3) is 0 Å². The van der Waals surface area contributed by atoms with Gasteiger partial charge in [0.1, 0.15) is 0 Å². The number of carbonyl (C=O) groups excluding carboxylic acids is 1. The summed E-state index contributed by atoms with van der Waals surface area (Å²) in [6.45, 7) is 8.48. The SMILES string of the molecule is CCN(CC)C(=O)c1ccc(S(=O)(=O)N2CCC(C)(CN)C2)cc1.Cl. The van der Waals surface area contributed by atoms with Crippen LogP contribution >= 0.6 is 12.4 Å². The Labute approximate surface area is 156 Å². The van der Waals surface area contributed by atoms with Gasteiger partial charge in [0.2, 0.25) is 10.0 Å². The number of rotatable bonds is 6. The topological polar surface area (TPSA) is 83.7 Å². The number of amides is 1. The van der Waals surface area contributed by atoms with Crippen LogP contribution in [0, 0.1) is 5.41 Å². The summed E-state index contributed by atoms with van der Waals surface area (Å²) >= 11 is 0. The van der Waals surface area contributed by atoms with Crippen LogP contribution in [0.1, 0.15) is 37.6 Å². The molecule has 0 spiro atoms. The molecule has 1 aliphatic heterocycles. The van der Waals surface area contributed by atoms with E-state index in [1.54, 1.807) is 17.0 Å². The van der Waals surface area contributed by atoms with E-state index in [0.29, 0.717) is 38.3 Å². The van der Waals surface area contributed by atoms with Crippen LogP contribution in [0.5, 0.6) is 0 Å². The minimum atomic E-state index is -3.54. The number of nitrogens with zero attached hydrogens (tertiary/aromatic N) is 2. The van der Waals surface area contributed by atoms with Gasteiger partial charge in [-0.2, -0.15) is 4.31 Å². The Bertz CT molecular complexity index is 690. The van der Waals surface area contributed by atoms with E-state index < -0.39 is 10.0 Å². The molecule has 1 saturated heterocycles. The van der Waals surface area contributed by atoms with Crippen LogP contribution in [0.3, 0.4) is 0 Å². The fourth-order valence-corrected chi connectivity index (χ4v) is 4.55. The minimum Gasteiger partial charge on any atom is -0.339 e. The third kappa shape index (κ3) is 4.53. The van der Waals surface area contributed by atoms with Crippen LogP contribution in [0.2, 0.25) is 0 Å². The molecule has 0 bridgehead atoms. The molecule has 1 aliphatic rings. The van der Waals surface area contributed by atoms with Crippen molar-refractivity contribution in [2.75, 3.05) is 32.7 Å². The molecule has 0 aliphatic carbocycles. The summed E-state index contributed by atoms with van der Waals surface area (Å²) in [4.78, 5) is 14.2. The van der Waals surface area contributed by atoms with Crippen LogP contribution in [-0.4, -0.2) is 56.3 Å². The second-order valence-electron chi connectivity index (χ2n) is 6.61. The molecular formula is C17H28ClN3O3S. The highest BCUT2D eigenvalue weighted by atomic mass is 35.5. The first kappa shape index (κ1) is 21.9. The molecule has 0 radical (unpaired) electrons. The molecule has 142 valence electrons. The summed E-state index contributed by atoms with van der Waals surface area (Å²) in [5.74, 6) is -0.0826. The van der Waals surface area contributed by atoms with E-state index in [0.717, 1.165) is 6.42 Å². The van der Waals surface area contributed by atoms with Gasteiger partial charge in [0.25, 0.3) is 5.91 Å². The fourth-order valence-electron chi connectivity index (χ4n) is 2.96. The van der Waals surface area contributed by atoms with E-state index in [1.165, 1.54) is 16.4 Å². The van der Waals surface area contributed by atoms with E-state index in [9.17, 15) is 13.2 Å². The molecule has 8 heteroatoms. The number of hydrogen-bond acceptors (Lipinski definition) is 4. The van der Waals surface area contributed by atoms with Crippen molar-refractivity contribution in [3.8, 4) is 0 Å². The van der Waals surface area contributed by atoms with E-state index in [-0.39, 0.29) is 28.6 Å². The molecule has 0 aromatic heterocycles. The summed E-state index contributed by atoms with van der Waals surface area (Å²) in [7, 11) is -3.54. The fraction of sp³-hybridized carbons (Fsp3) is 0.588. The Balaban J connectivity index is 0.00000312. The van der Waals surface area contributed by atoms with Crippen molar-refractivity contribution in [2.24, 2.45) is 11.1 Å². The van der Waals surface area contributed by atoms with Gasteiger partial charge in [-0.1, -0.05) is 6.92 Å². The zero-order valence-electron chi connectivity index (χ0n) is 15.1. The first-order valence-corrected chi connectivity index (χ1v) is 9.81. The molecule has 1 aromatic rings. The van der Waals surface area contributed by atoms with Gasteiger partial charge in [0.05, 0.1) is 4.90 Å². The number of halogens is 1. The third-order valence-electron chi connectivity index (χ3n) is 4.81. The number of sulfonamides is 1. The summed E-state index contributed by atoms with van der Waals surface area (Å²) in [6, 6.07) is 6.21. The maximum atomic E-state index is 12.8. The van der Waals surface area contributed by atoms with E-state index in [1.807, 2.05) is 20.8 Å². The molecule has 2 rings (SSSR count). The smallest absolute Gasteiger partial charge is 0.253 e. The maximum absolute atomic E-state index is 12.8. The van der Waals surface area contributed by atoms with Gasteiger partial charge in [0.15, 0.2) is 0 Å². The van der Waals surface area contributed by atoms with Crippen molar-refractivity contribution in [2.45, 2.75) is 32.1 Å². The molecule has 25 heavy (non-hydrogen) atoms. The lowest BCUT2D eigenvalue weighted by molar-refractivity contribution is 0.0773. The highest BCUT2D eigenvalue weighted by Gasteiger charge is 2.38. The van der Waals surface area contributed by atoms with Crippen molar-refractivity contribution < 1.29 is 13.2 Å². The normalized spacial score (nSPS) is 21.0. The van der Waals surface area contributed by atoms with Gasteiger partial charge in [-0.15, -0.1) is 12.4 Å². The van der Waals surface area contributed by atoms with Gasteiger partial charge < -0.3 is 10.6 Å². The van der Waals surface area contributed by atoms with Crippen molar-refractivity contribution in [3.63, 3.8) is 0 Å². The molecule has 1 aromatic carbocycles. The molecule has 1 unspecified atom stereocenters. The van der Waals surface area contributed by atoms with Crippen molar-refractivity contribution in [3.05, 3.63) is 29.8 Å². The Morgan fingerprint density at radius 1 is 1.24 bits per heavy atom. The minimum absolute atomic E-state index is 0. The largest absolute Gasteiger partial charge is 0.339 e. The highest BCUT2D eigenvalue weighted by Crippen LogP contribution is 2.32.